The van der Waals surface area contributed by atoms with Crippen molar-refractivity contribution in [3.8, 4) is 0 Å². The van der Waals surface area contributed by atoms with Crippen molar-refractivity contribution in [2.45, 2.75) is 26.8 Å². The van der Waals surface area contributed by atoms with Gasteiger partial charge in [0.25, 0.3) is 6.01 Å². The maximum Gasteiger partial charge on any atom is 0.348 e. The molecular formula is C12H15N3O2. The van der Waals surface area contributed by atoms with Crippen molar-refractivity contribution in [2.75, 3.05) is 11.1 Å². The average molecular weight is 233 g/mol. The molecule has 0 fully saturated rings. The highest BCUT2D eigenvalue weighted by molar-refractivity contribution is 5.85. The van der Waals surface area contributed by atoms with Crippen LogP contribution in [0.5, 0.6) is 0 Å². The zero-order valence-electron chi connectivity index (χ0n) is 10.1. The average Bonchev–Trinajstić information content (AvgIpc) is 2.22. The number of hydrogen-bond donors (Lipinski definition) is 2. The number of nitrogens with one attached hydrogen (secondary N) is 1. The maximum atomic E-state index is 11.9. The number of anilines is 2. The van der Waals surface area contributed by atoms with Gasteiger partial charge in [-0.1, -0.05) is 0 Å². The Morgan fingerprint density at radius 1 is 1.41 bits per heavy atom. The lowest BCUT2D eigenvalue weighted by Gasteiger charge is -2.08. The van der Waals surface area contributed by atoms with Crippen molar-refractivity contribution >= 4 is 22.6 Å². The first kappa shape index (κ1) is 11.4. The molecule has 2 aromatic rings. The molecule has 5 nitrogen and oxygen atoms in total. The second-order valence-corrected chi connectivity index (χ2v) is 4.28. The topological polar surface area (TPSA) is 81.2 Å². The number of benzene rings is 1. The Kier molecular flexibility index (Phi) is 2.75. The zero-order valence-corrected chi connectivity index (χ0v) is 10.1. The van der Waals surface area contributed by atoms with E-state index in [1.165, 1.54) is 0 Å². The molecule has 0 aliphatic rings. The predicted octanol–water partition coefficient (Wildman–Crippen LogP) is 1.90. The Balaban J connectivity index is 2.68. The summed E-state index contributed by atoms with van der Waals surface area (Å²) in [6.07, 6.45) is 0. The molecule has 0 atom stereocenters. The van der Waals surface area contributed by atoms with Crippen LogP contribution in [0.4, 0.5) is 11.7 Å². The third-order valence-corrected chi connectivity index (χ3v) is 2.51. The van der Waals surface area contributed by atoms with Gasteiger partial charge >= 0.3 is 5.63 Å². The molecule has 0 aliphatic carbocycles. The fourth-order valence-corrected chi connectivity index (χ4v) is 1.64. The first-order valence-electron chi connectivity index (χ1n) is 5.45. The number of rotatable bonds is 2. The highest BCUT2D eigenvalue weighted by Crippen LogP contribution is 2.20. The van der Waals surface area contributed by atoms with Crippen molar-refractivity contribution in [3.05, 3.63) is 28.1 Å². The van der Waals surface area contributed by atoms with E-state index < -0.39 is 5.63 Å². The first-order valence-corrected chi connectivity index (χ1v) is 5.45. The van der Waals surface area contributed by atoms with Crippen LogP contribution in [-0.4, -0.2) is 11.0 Å². The van der Waals surface area contributed by atoms with Gasteiger partial charge < -0.3 is 15.5 Å². The minimum absolute atomic E-state index is 0.151. The minimum atomic E-state index is -0.414. The van der Waals surface area contributed by atoms with E-state index in [1.54, 1.807) is 19.1 Å². The lowest BCUT2D eigenvalue weighted by Crippen LogP contribution is -2.14. The fraction of sp³-hybridized carbons (Fsp3) is 0.333. The second kappa shape index (κ2) is 4.08. The van der Waals surface area contributed by atoms with E-state index in [0.29, 0.717) is 22.2 Å². The van der Waals surface area contributed by atoms with Crippen molar-refractivity contribution in [1.82, 2.24) is 4.98 Å². The number of hydrogen-bond acceptors (Lipinski definition) is 5. The van der Waals surface area contributed by atoms with Crippen LogP contribution in [0.25, 0.3) is 10.9 Å². The van der Waals surface area contributed by atoms with Gasteiger partial charge in [-0.05, 0) is 38.5 Å². The molecule has 90 valence electrons. The molecule has 0 spiro atoms. The number of nitrogen functional groups attached to an aromatic ring is 1. The second-order valence-electron chi connectivity index (χ2n) is 4.28. The quantitative estimate of drug-likeness (QED) is 0.774. The summed E-state index contributed by atoms with van der Waals surface area (Å²) in [5, 5.41) is 3.41. The van der Waals surface area contributed by atoms with Crippen LogP contribution in [0.2, 0.25) is 0 Å². The van der Waals surface area contributed by atoms with Crippen LogP contribution in [0.3, 0.4) is 0 Å². The minimum Gasteiger partial charge on any atom is -0.398 e. The molecule has 5 heteroatoms. The highest BCUT2D eigenvalue weighted by atomic mass is 16.4. The summed E-state index contributed by atoms with van der Waals surface area (Å²) in [4.78, 5) is 16.1. The van der Waals surface area contributed by atoms with Gasteiger partial charge in [0, 0.05) is 11.7 Å². The number of fused-ring (bicyclic) bond motifs is 1. The van der Waals surface area contributed by atoms with Crippen LogP contribution >= 0.6 is 0 Å². The van der Waals surface area contributed by atoms with Crippen LogP contribution in [0.1, 0.15) is 19.4 Å². The van der Waals surface area contributed by atoms with E-state index in [-0.39, 0.29) is 12.1 Å². The molecule has 0 aliphatic heterocycles. The Hall–Kier alpha value is -2.04. The van der Waals surface area contributed by atoms with Crippen LogP contribution < -0.4 is 16.7 Å². The number of nitrogens with two attached hydrogens (primary N) is 1. The van der Waals surface area contributed by atoms with E-state index in [9.17, 15) is 4.79 Å². The SMILES string of the molecule is Cc1c(N)ccc2nc(NC(C)C)oc(=O)c12. The smallest absolute Gasteiger partial charge is 0.348 e. The molecule has 0 amide bonds. The summed E-state index contributed by atoms with van der Waals surface area (Å²) in [5.74, 6) is 0. The standard InChI is InChI=1S/C12H15N3O2/c1-6(2)14-12-15-9-5-4-8(13)7(3)10(9)11(16)17-12/h4-6H,13H2,1-3H3,(H,14,15). The largest absolute Gasteiger partial charge is 0.398 e. The van der Waals surface area contributed by atoms with Gasteiger partial charge in [-0.15, -0.1) is 0 Å². The number of aromatic nitrogens is 1. The molecule has 0 saturated carbocycles. The van der Waals surface area contributed by atoms with Crippen LogP contribution in [0.15, 0.2) is 21.3 Å². The molecular weight excluding hydrogens is 218 g/mol. The molecule has 1 aromatic carbocycles. The number of nitrogens with zero attached hydrogens (tertiary/aromatic N) is 1. The molecule has 17 heavy (non-hydrogen) atoms. The lowest BCUT2D eigenvalue weighted by atomic mass is 10.1. The third-order valence-electron chi connectivity index (χ3n) is 2.51. The van der Waals surface area contributed by atoms with Crippen LogP contribution in [0, 0.1) is 6.92 Å². The summed E-state index contributed by atoms with van der Waals surface area (Å²) in [6.45, 7) is 5.67. The Bertz CT molecular complexity index is 617. The molecule has 1 aromatic heterocycles. The highest BCUT2D eigenvalue weighted by Gasteiger charge is 2.10. The summed E-state index contributed by atoms with van der Waals surface area (Å²) in [6, 6.07) is 3.85. The molecule has 2 rings (SSSR count). The maximum absolute atomic E-state index is 11.9. The lowest BCUT2D eigenvalue weighted by molar-refractivity contribution is 0.511. The normalized spacial score (nSPS) is 11.1. The first-order chi connectivity index (χ1) is 7.99. The van der Waals surface area contributed by atoms with Crippen molar-refractivity contribution in [2.24, 2.45) is 0 Å². The van der Waals surface area contributed by atoms with Gasteiger partial charge in [-0.3, -0.25) is 0 Å². The molecule has 3 N–H and O–H groups in total. The zero-order chi connectivity index (χ0) is 12.6. The molecule has 0 saturated heterocycles. The van der Waals surface area contributed by atoms with E-state index in [2.05, 4.69) is 10.3 Å². The van der Waals surface area contributed by atoms with Gasteiger partial charge in [0.2, 0.25) is 0 Å². The van der Waals surface area contributed by atoms with Gasteiger partial charge in [-0.2, -0.15) is 4.98 Å². The third kappa shape index (κ3) is 2.08. The van der Waals surface area contributed by atoms with Gasteiger partial charge in [0.05, 0.1) is 10.9 Å². The summed E-state index contributed by atoms with van der Waals surface area (Å²) in [7, 11) is 0. The molecule has 0 radical (unpaired) electrons. The Morgan fingerprint density at radius 3 is 2.76 bits per heavy atom. The van der Waals surface area contributed by atoms with Crippen molar-refractivity contribution < 1.29 is 4.42 Å². The molecule has 0 unspecified atom stereocenters. The van der Waals surface area contributed by atoms with E-state index >= 15 is 0 Å². The van der Waals surface area contributed by atoms with Gasteiger partial charge in [-0.25, -0.2) is 4.79 Å². The van der Waals surface area contributed by atoms with E-state index in [4.69, 9.17) is 10.2 Å². The number of aryl methyl sites for hydroxylation is 1. The van der Waals surface area contributed by atoms with E-state index in [1.807, 2.05) is 13.8 Å². The summed E-state index contributed by atoms with van der Waals surface area (Å²) >= 11 is 0. The monoisotopic (exact) mass is 233 g/mol. The predicted molar refractivity (Wildman–Crippen MR) is 68.2 cm³/mol. The Morgan fingerprint density at radius 2 is 2.12 bits per heavy atom. The van der Waals surface area contributed by atoms with Crippen molar-refractivity contribution in [1.29, 1.82) is 0 Å². The van der Waals surface area contributed by atoms with Crippen molar-refractivity contribution in [3.63, 3.8) is 0 Å². The summed E-state index contributed by atoms with van der Waals surface area (Å²) in [5.41, 5.74) is 7.20. The van der Waals surface area contributed by atoms with E-state index in [0.717, 1.165) is 0 Å². The molecule has 0 bridgehead atoms. The van der Waals surface area contributed by atoms with Gasteiger partial charge in [0.15, 0.2) is 0 Å². The Labute approximate surface area is 98.6 Å². The van der Waals surface area contributed by atoms with Gasteiger partial charge in [0.1, 0.15) is 0 Å². The summed E-state index contributed by atoms with van der Waals surface area (Å²) < 4.78 is 5.10. The fourth-order valence-electron chi connectivity index (χ4n) is 1.64. The van der Waals surface area contributed by atoms with Crippen LogP contribution in [-0.2, 0) is 0 Å². The molecule has 1 heterocycles.